The number of fused-ring (bicyclic) bond motifs is 1. The van der Waals surface area contributed by atoms with E-state index >= 15 is 0 Å². The summed E-state index contributed by atoms with van der Waals surface area (Å²) in [5, 5.41) is 1.66. The van der Waals surface area contributed by atoms with E-state index in [4.69, 9.17) is 11.6 Å². The Kier molecular flexibility index (Phi) is 2.30. The first-order chi connectivity index (χ1) is 8.29. The van der Waals surface area contributed by atoms with Crippen LogP contribution in [0.3, 0.4) is 0 Å². The van der Waals surface area contributed by atoms with Gasteiger partial charge in [-0.2, -0.15) is 0 Å². The first-order valence-electron chi connectivity index (χ1n) is 5.13. The molecule has 0 saturated carbocycles. The highest BCUT2D eigenvalue weighted by molar-refractivity contribution is 6.34. The summed E-state index contributed by atoms with van der Waals surface area (Å²) in [5.41, 5.74) is 2.69. The van der Waals surface area contributed by atoms with Crippen LogP contribution in [0.1, 0.15) is 0 Å². The molecule has 0 aliphatic carbocycles. The van der Waals surface area contributed by atoms with Gasteiger partial charge in [-0.05, 0) is 12.1 Å². The van der Waals surface area contributed by atoms with Gasteiger partial charge in [0.1, 0.15) is 17.1 Å². The van der Waals surface area contributed by atoms with E-state index in [-0.39, 0.29) is 0 Å². The number of pyridine rings is 1. The number of aromatic nitrogens is 4. The highest BCUT2D eigenvalue weighted by Crippen LogP contribution is 2.35. The third-order valence-corrected chi connectivity index (χ3v) is 3.17. The Balaban J connectivity index is 2.41. The maximum atomic E-state index is 6.34. The van der Waals surface area contributed by atoms with E-state index in [1.807, 2.05) is 23.7 Å². The molecule has 84 valence electrons. The molecule has 3 aromatic rings. The van der Waals surface area contributed by atoms with Gasteiger partial charge in [-0.3, -0.25) is 0 Å². The van der Waals surface area contributed by atoms with Crippen molar-refractivity contribution in [3.8, 4) is 11.1 Å². The predicted octanol–water partition coefficient (Wildman–Crippen LogP) is 2.68. The number of hydrogen-bond donors (Lipinski definition) is 0. The minimum Gasteiger partial charge on any atom is -0.319 e. The van der Waals surface area contributed by atoms with E-state index in [1.165, 1.54) is 6.33 Å². The van der Waals surface area contributed by atoms with Crippen molar-refractivity contribution in [2.75, 3.05) is 0 Å². The molecule has 0 unspecified atom stereocenters. The second-order valence-corrected chi connectivity index (χ2v) is 4.08. The molecule has 3 aromatic heterocycles. The lowest BCUT2D eigenvalue weighted by molar-refractivity contribution is 0.950. The minimum absolute atomic E-state index is 0.647. The Labute approximate surface area is 103 Å². The van der Waals surface area contributed by atoms with Crippen LogP contribution in [0, 0.1) is 0 Å². The van der Waals surface area contributed by atoms with Crippen molar-refractivity contribution in [3.63, 3.8) is 0 Å². The van der Waals surface area contributed by atoms with Crippen molar-refractivity contribution in [1.29, 1.82) is 0 Å². The summed E-state index contributed by atoms with van der Waals surface area (Å²) in [7, 11) is 1.89. The highest BCUT2D eigenvalue weighted by Gasteiger charge is 2.15. The molecule has 3 heterocycles. The SMILES string of the molecule is Cn1c(Cl)c(-c2cncnc2)c2cccnc21. The lowest BCUT2D eigenvalue weighted by Crippen LogP contribution is -1.88. The van der Waals surface area contributed by atoms with Gasteiger partial charge in [0, 0.05) is 42.2 Å². The minimum atomic E-state index is 0.647. The van der Waals surface area contributed by atoms with Gasteiger partial charge in [0.15, 0.2) is 0 Å². The van der Waals surface area contributed by atoms with Crippen LogP contribution in [0.4, 0.5) is 0 Å². The summed E-state index contributed by atoms with van der Waals surface area (Å²) in [6.45, 7) is 0. The highest BCUT2D eigenvalue weighted by atomic mass is 35.5. The van der Waals surface area contributed by atoms with Crippen molar-refractivity contribution in [3.05, 3.63) is 42.2 Å². The number of halogens is 1. The van der Waals surface area contributed by atoms with E-state index in [0.29, 0.717) is 5.15 Å². The van der Waals surface area contributed by atoms with E-state index < -0.39 is 0 Å². The Morgan fingerprint density at radius 1 is 1.24 bits per heavy atom. The zero-order chi connectivity index (χ0) is 11.8. The Morgan fingerprint density at radius 2 is 2.00 bits per heavy atom. The molecule has 0 saturated heterocycles. The molecular weight excluding hydrogens is 236 g/mol. The molecule has 17 heavy (non-hydrogen) atoms. The third-order valence-electron chi connectivity index (χ3n) is 2.72. The summed E-state index contributed by atoms with van der Waals surface area (Å²) < 4.78 is 1.86. The molecule has 5 heteroatoms. The summed E-state index contributed by atoms with van der Waals surface area (Å²) in [6.07, 6.45) is 6.76. The van der Waals surface area contributed by atoms with Gasteiger partial charge in [0.2, 0.25) is 0 Å². The van der Waals surface area contributed by atoms with Crippen molar-refractivity contribution >= 4 is 22.6 Å². The average molecular weight is 245 g/mol. The standard InChI is InChI=1S/C12H9ClN4/c1-17-11(13)10(8-5-14-7-15-6-8)9-3-2-4-16-12(9)17/h2-7H,1H3. The van der Waals surface area contributed by atoms with E-state index in [0.717, 1.165) is 22.2 Å². The van der Waals surface area contributed by atoms with Crippen LogP contribution in [0.15, 0.2) is 37.1 Å². The molecule has 0 N–H and O–H groups in total. The molecule has 0 bridgehead atoms. The summed E-state index contributed by atoms with van der Waals surface area (Å²) >= 11 is 6.34. The Morgan fingerprint density at radius 3 is 2.76 bits per heavy atom. The van der Waals surface area contributed by atoms with Crippen molar-refractivity contribution in [1.82, 2.24) is 19.5 Å². The van der Waals surface area contributed by atoms with E-state index in [1.54, 1.807) is 18.6 Å². The average Bonchev–Trinajstić information content (AvgIpc) is 2.64. The second kappa shape index (κ2) is 3.82. The van der Waals surface area contributed by atoms with Gasteiger partial charge in [0.05, 0.1) is 0 Å². The van der Waals surface area contributed by atoms with Crippen molar-refractivity contribution < 1.29 is 0 Å². The molecule has 0 aromatic carbocycles. The van der Waals surface area contributed by atoms with Gasteiger partial charge in [-0.1, -0.05) is 11.6 Å². The zero-order valence-corrected chi connectivity index (χ0v) is 9.89. The second-order valence-electron chi connectivity index (χ2n) is 3.73. The monoisotopic (exact) mass is 244 g/mol. The topological polar surface area (TPSA) is 43.6 Å². The van der Waals surface area contributed by atoms with Gasteiger partial charge in [0.25, 0.3) is 0 Å². The lowest BCUT2D eigenvalue weighted by atomic mass is 10.1. The number of aryl methyl sites for hydroxylation is 1. The fraction of sp³-hybridized carbons (Fsp3) is 0.0833. The quantitative estimate of drug-likeness (QED) is 0.661. The normalized spacial score (nSPS) is 10.9. The van der Waals surface area contributed by atoms with Gasteiger partial charge < -0.3 is 4.57 Å². The molecule has 4 nitrogen and oxygen atoms in total. The van der Waals surface area contributed by atoms with Crippen molar-refractivity contribution in [2.24, 2.45) is 7.05 Å². The Bertz CT molecular complexity index is 676. The van der Waals surface area contributed by atoms with Crippen LogP contribution in [0.25, 0.3) is 22.2 Å². The largest absolute Gasteiger partial charge is 0.319 e. The van der Waals surface area contributed by atoms with Crippen molar-refractivity contribution in [2.45, 2.75) is 0 Å². The van der Waals surface area contributed by atoms with Crippen LogP contribution in [-0.2, 0) is 7.05 Å². The number of rotatable bonds is 1. The molecule has 0 radical (unpaired) electrons. The molecule has 0 spiro atoms. The first-order valence-corrected chi connectivity index (χ1v) is 5.51. The smallest absolute Gasteiger partial charge is 0.141 e. The van der Waals surface area contributed by atoms with Crippen LogP contribution in [-0.4, -0.2) is 19.5 Å². The molecule has 0 aliphatic heterocycles. The van der Waals surface area contributed by atoms with Gasteiger partial charge >= 0.3 is 0 Å². The maximum Gasteiger partial charge on any atom is 0.141 e. The molecule has 0 amide bonds. The lowest BCUT2D eigenvalue weighted by Gasteiger charge is -1.98. The fourth-order valence-corrected chi connectivity index (χ4v) is 2.22. The van der Waals surface area contributed by atoms with Crippen LogP contribution in [0.2, 0.25) is 5.15 Å². The first kappa shape index (κ1) is 10.2. The van der Waals surface area contributed by atoms with E-state index in [2.05, 4.69) is 15.0 Å². The number of hydrogen-bond acceptors (Lipinski definition) is 3. The van der Waals surface area contributed by atoms with E-state index in [9.17, 15) is 0 Å². The van der Waals surface area contributed by atoms with Gasteiger partial charge in [-0.25, -0.2) is 15.0 Å². The molecule has 0 aliphatic rings. The summed E-state index contributed by atoms with van der Waals surface area (Å²) in [4.78, 5) is 12.4. The predicted molar refractivity (Wildman–Crippen MR) is 66.8 cm³/mol. The molecular formula is C12H9ClN4. The molecule has 0 atom stereocenters. The summed E-state index contributed by atoms with van der Waals surface area (Å²) in [5.74, 6) is 0. The van der Waals surface area contributed by atoms with Gasteiger partial charge in [-0.15, -0.1) is 0 Å². The molecule has 3 rings (SSSR count). The zero-order valence-electron chi connectivity index (χ0n) is 9.13. The van der Waals surface area contributed by atoms with Crippen LogP contribution in [0.5, 0.6) is 0 Å². The maximum absolute atomic E-state index is 6.34. The Hall–Kier alpha value is -1.94. The van der Waals surface area contributed by atoms with Crippen LogP contribution >= 0.6 is 11.6 Å². The third kappa shape index (κ3) is 1.49. The van der Waals surface area contributed by atoms with Crippen LogP contribution < -0.4 is 0 Å². The summed E-state index contributed by atoms with van der Waals surface area (Å²) in [6, 6.07) is 3.89. The molecule has 0 fully saturated rings. The fourth-order valence-electron chi connectivity index (χ4n) is 1.93. The number of nitrogens with zero attached hydrogens (tertiary/aromatic N) is 4.